The van der Waals surface area contributed by atoms with Gasteiger partial charge < -0.3 is 25.5 Å². The number of carbonyl (C=O) groups is 2. The molecule has 0 unspecified atom stereocenters. The maximum absolute atomic E-state index is 11.7. The number of rotatable bonds is 15. The molecule has 13 nitrogen and oxygen atoms in total. The van der Waals surface area contributed by atoms with Crippen molar-refractivity contribution >= 4 is 39.5 Å². The van der Waals surface area contributed by atoms with Crippen molar-refractivity contribution in [1.82, 2.24) is 19.7 Å². The molecule has 2 rings (SSSR count). The van der Waals surface area contributed by atoms with Crippen molar-refractivity contribution in [3.05, 3.63) is 35.2 Å². The van der Waals surface area contributed by atoms with E-state index in [0.29, 0.717) is 12.2 Å². The fourth-order valence-electron chi connectivity index (χ4n) is 3.00. The molecule has 1 heterocycles. The van der Waals surface area contributed by atoms with E-state index in [1.54, 1.807) is 4.90 Å². The molecule has 14 heteroatoms. The van der Waals surface area contributed by atoms with Crippen molar-refractivity contribution in [1.29, 1.82) is 0 Å². The van der Waals surface area contributed by atoms with Crippen LogP contribution in [0.15, 0.2) is 18.2 Å². The van der Waals surface area contributed by atoms with Gasteiger partial charge in [0.25, 0.3) is 0 Å². The summed E-state index contributed by atoms with van der Waals surface area (Å²) in [5.74, 6) is -1.98. The van der Waals surface area contributed by atoms with Crippen molar-refractivity contribution in [2.75, 3.05) is 42.2 Å². The van der Waals surface area contributed by atoms with Gasteiger partial charge in [-0.25, -0.2) is 22.7 Å². The average Bonchev–Trinajstić information content (AvgIpc) is 2.81. The number of hydrogen-bond donors (Lipinski definition) is 5. The Bertz CT molecular complexity index is 1110. The van der Waals surface area contributed by atoms with Crippen molar-refractivity contribution in [3.8, 4) is 0 Å². The van der Waals surface area contributed by atoms with Crippen LogP contribution in [0.25, 0.3) is 0 Å². The van der Waals surface area contributed by atoms with Crippen molar-refractivity contribution in [2.45, 2.75) is 33.1 Å². The van der Waals surface area contributed by atoms with Crippen molar-refractivity contribution < 1.29 is 33.3 Å². The SMILES string of the molecule is CCCCc1nc(Nc2cc(C(=O)O)cc(C(=O)O)c2)nc(N(CCO)CCNS(=O)(=O)CC)n1. The first-order valence-electron chi connectivity index (χ1n) is 11.0. The van der Waals surface area contributed by atoms with Gasteiger partial charge in [0.05, 0.1) is 23.5 Å². The first-order valence-corrected chi connectivity index (χ1v) is 12.7. The molecule has 0 fully saturated rings. The Morgan fingerprint density at radius 3 is 2.20 bits per heavy atom. The number of aromatic nitrogens is 3. The first kappa shape index (κ1) is 27.9. The number of sulfonamides is 1. The lowest BCUT2D eigenvalue weighted by atomic mass is 10.1. The van der Waals surface area contributed by atoms with Crippen LogP contribution in [0.2, 0.25) is 0 Å². The third-order valence-corrected chi connectivity index (χ3v) is 6.25. The molecule has 0 aliphatic carbocycles. The summed E-state index contributed by atoms with van der Waals surface area (Å²) in [6.45, 7) is 3.66. The average molecular weight is 511 g/mol. The maximum atomic E-state index is 11.7. The fourth-order valence-corrected chi connectivity index (χ4v) is 3.60. The van der Waals surface area contributed by atoms with E-state index in [1.165, 1.54) is 19.1 Å². The molecular weight excluding hydrogens is 480 g/mol. The molecular formula is C21H30N6O7S. The second-order valence-electron chi connectivity index (χ2n) is 7.52. The van der Waals surface area contributed by atoms with E-state index >= 15 is 0 Å². The topological polar surface area (TPSA) is 195 Å². The highest BCUT2D eigenvalue weighted by Gasteiger charge is 2.17. The molecule has 0 radical (unpaired) electrons. The van der Waals surface area contributed by atoms with Crippen LogP contribution < -0.4 is 14.9 Å². The number of aromatic carboxylic acids is 2. The minimum absolute atomic E-state index is 0.0528. The van der Waals surface area contributed by atoms with Gasteiger partial charge >= 0.3 is 11.9 Å². The van der Waals surface area contributed by atoms with Gasteiger partial charge in [-0.15, -0.1) is 0 Å². The zero-order valence-electron chi connectivity index (χ0n) is 19.6. The molecule has 1 aromatic heterocycles. The molecule has 0 aliphatic rings. The van der Waals surface area contributed by atoms with Gasteiger partial charge in [0.15, 0.2) is 0 Å². The van der Waals surface area contributed by atoms with Crippen LogP contribution >= 0.6 is 0 Å². The Labute approximate surface area is 203 Å². The Morgan fingerprint density at radius 1 is 1.00 bits per heavy atom. The highest BCUT2D eigenvalue weighted by molar-refractivity contribution is 7.89. The molecule has 0 saturated heterocycles. The molecule has 2 aromatic rings. The van der Waals surface area contributed by atoms with Crippen LogP contribution in [0.5, 0.6) is 0 Å². The van der Waals surface area contributed by atoms with Crippen LogP contribution in [0.1, 0.15) is 53.2 Å². The van der Waals surface area contributed by atoms with Crippen molar-refractivity contribution in [2.24, 2.45) is 0 Å². The number of aryl methyl sites for hydroxylation is 1. The summed E-state index contributed by atoms with van der Waals surface area (Å²) in [6.07, 6.45) is 2.19. The predicted octanol–water partition coefficient (Wildman–Crippen LogP) is 1.09. The monoisotopic (exact) mass is 510 g/mol. The molecule has 0 spiro atoms. The molecule has 0 bridgehead atoms. The number of carboxylic acids is 2. The lowest BCUT2D eigenvalue weighted by Gasteiger charge is -2.22. The zero-order chi connectivity index (χ0) is 26.0. The van der Waals surface area contributed by atoms with Gasteiger partial charge in [-0.2, -0.15) is 15.0 Å². The van der Waals surface area contributed by atoms with Crippen LogP contribution in [0.3, 0.4) is 0 Å². The standard InChI is InChI=1S/C21H30N6O7S/c1-3-5-6-17-24-20(23-16-12-14(18(29)30)11-15(13-16)19(31)32)26-21(25-17)27(9-10-28)8-7-22-35(33,34)4-2/h11-13,22,28H,3-10H2,1-2H3,(H,29,30)(H,31,32)(H,23,24,25,26). The van der Waals surface area contributed by atoms with E-state index in [1.807, 2.05) is 6.92 Å². The zero-order valence-corrected chi connectivity index (χ0v) is 20.4. The summed E-state index contributed by atoms with van der Waals surface area (Å²) in [7, 11) is -3.40. The Morgan fingerprint density at radius 2 is 1.66 bits per heavy atom. The van der Waals surface area contributed by atoms with Gasteiger partial charge in [0.1, 0.15) is 5.82 Å². The van der Waals surface area contributed by atoms with Gasteiger partial charge in [-0.1, -0.05) is 13.3 Å². The highest BCUT2D eigenvalue weighted by atomic mass is 32.2. The number of benzene rings is 1. The third kappa shape index (κ3) is 8.73. The van der Waals surface area contributed by atoms with E-state index in [0.717, 1.165) is 18.9 Å². The number of unbranched alkanes of at least 4 members (excludes halogenated alkanes) is 1. The summed E-state index contributed by atoms with van der Waals surface area (Å²) in [5, 5.41) is 31.0. The summed E-state index contributed by atoms with van der Waals surface area (Å²) >= 11 is 0. The van der Waals surface area contributed by atoms with Gasteiger partial charge in [0, 0.05) is 31.7 Å². The molecule has 0 atom stereocenters. The lowest BCUT2D eigenvalue weighted by Crippen LogP contribution is -2.38. The van der Waals surface area contributed by atoms with E-state index in [-0.39, 0.29) is 60.7 Å². The summed E-state index contributed by atoms with van der Waals surface area (Å²) in [6, 6.07) is 3.56. The fraction of sp³-hybridized carbons (Fsp3) is 0.476. The minimum atomic E-state index is -3.40. The van der Waals surface area contributed by atoms with Crippen LogP contribution in [0, 0.1) is 0 Å². The van der Waals surface area contributed by atoms with Gasteiger partial charge in [-0.3, -0.25) is 0 Å². The molecule has 0 amide bonds. The first-order chi connectivity index (χ1) is 16.6. The number of carboxylic acid groups (broad SMARTS) is 2. The third-order valence-electron chi connectivity index (χ3n) is 4.84. The number of aliphatic hydroxyl groups is 1. The molecule has 0 saturated carbocycles. The van der Waals surface area contributed by atoms with Crippen molar-refractivity contribution in [3.63, 3.8) is 0 Å². The molecule has 35 heavy (non-hydrogen) atoms. The largest absolute Gasteiger partial charge is 0.478 e. The number of anilines is 3. The van der Waals surface area contributed by atoms with Gasteiger partial charge in [-0.05, 0) is 31.5 Å². The molecule has 5 N–H and O–H groups in total. The van der Waals surface area contributed by atoms with Crippen LogP contribution in [-0.4, -0.2) is 82.6 Å². The number of aliphatic hydroxyl groups excluding tert-OH is 1. The molecule has 1 aromatic carbocycles. The van der Waals surface area contributed by atoms with E-state index in [9.17, 15) is 33.3 Å². The summed E-state index contributed by atoms with van der Waals surface area (Å²) in [5.41, 5.74) is -0.290. The molecule has 0 aliphatic heterocycles. The summed E-state index contributed by atoms with van der Waals surface area (Å²) in [4.78, 5) is 37.6. The Hall–Kier alpha value is -3.36. The van der Waals surface area contributed by atoms with E-state index in [4.69, 9.17) is 0 Å². The van der Waals surface area contributed by atoms with Crippen LogP contribution in [-0.2, 0) is 16.4 Å². The minimum Gasteiger partial charge on any atom is -0.478 e. The number of hydrogen-bond acceptors (Lipinski definition) is 10. The Balaban J connectivity index is 2.41. The van der Waals surface area contributed by atoms with E-state index in [2.05, 4.69) is 25.0 Å². The number of nitrogens with zero attached hydrogens (tertiary/aromatic N) is 4. The second kappa shape index (κ2) is 12.9. The predicted molar refractivity (Wildman–Crippen MR) is 129 cm³/mol. The second-order valence-corrected chi connectivity index (χ2v) is 9.62. The normalized spacial score (nSPS) is 11.3. The smallest absolute Gasteiger partial charge is 0.335 e. The summed E-state index contributed by atoms with van der Waals surface area (Å²) < 4.78 is 25.9. The lowest BCUT2D eigenvalue weighted by molar-refractivity contribution is 0.0696. The maximum Gasteiger partial charge on any atom is 0.335 e. The van der Waals surface area contributed by atoms with E-state index < -0.39 is 22.0 Å². The molecule has 192 valence electrons. The number of nitrogens with one attached hydrogen (secondary N) is 2. The van der Waals surface area contributed by atoms with Gasteiger partial charge in [0.2, 0.25) is 21.9 Å². The van der Waals surface area contributed by atoms with Crippen LogP contribution in [0.4, 0.5) is 17.6 Å². The highest BCUT2D eigenvalue weighted by Crippen LogP contribution is 2.20. The Kier molecular flexibility index (Phi) is 10.3. The quantitative estimate of drug-likeness (QED) is 0.229.